The van der Waals surface area contributed by atoms with Crippen molar-refractivity contribution in [1.29, 1.82) is 0 Å². The molecule has 4 N–H and O–H groups in total. The van der Waals surface area contributed by atoms with Gasteiger partial charge in [-0.1, -0.05) is 48.5 Å². The minimum absolute atomic E-state index is 0.103. The number of hydrogen-bond donors (Lipinski definition) is 4. The zero-order valence-corrected chi connectivity index (χ0v) is 17.0. The number of rotatable bonds is 7. The van der Waals surface area contributed by atoms with Crippen molar-refractivity contribution in [2.24, 2.45) is 0 Å². The third-order valence-electron chi connectivity index (χ3n) is 5.90. The normalized spacial score (nSPS) is 17.6. The second-order valence-electron chi connectivity index (χ2n) is 8.06. The summed E-state index contributed by atoms with van der Waals surface area (Å²) in [6.07, 6.45) is -1.27. The van der Waals surface area contributed by atoms with Crippen LogP contribution in [-0.2, 0) is 14.3 Å². The number of carbonyl (C=O) groups excluding carboxylic acids is 2. The number of aliphatic hydroxyl groups is 1. The number of carboxylic acids is 1. The van der Waals surface area contributed by atoms with Crippen molar-refractivity contribution in [3.05, 3.63) is 59.7 Å². The van der Waals surface area contributed by atoms with Gasteiger partial charge in [-0.15, -0.1) is 0 Å². The molecular weight excluding hydrogens is 400 g/mol. The zero-order valence-electron chi connectivity index (χ0n) is 17.0. The molecule has 0 radical (unpaired) electrons. The van der Waals surface area contributed by atoms with E-state index in [9.17, 15) is 19.5 Å². The molecule has 0 bridgehead atoms. The van der Waals surface area contributed by atoms with E-state index in [1.54, 1.807) is 0 Å². The first-order valence-corrected chi connectivity index (χ1v) is 10.2. The maximum absolute atomic E-state index is 12.5. The number of aliphatic hydroxyl groups excluding tert-OH is 1. The Hall–Kier alpha value is -3.39. The van der Waals surface area contributed by atoms with E-state index in [0.717, 1.165) is 22.3 Å². The molecule has 0 heterocycles. The highest BCUT2D eigenvalue weighted by Crippen LogP contribution is 2.44. The Kier molecular flexibility index (Phi) is 5.41. The molecule has 2 aromatic carbocycles. The second-order valence-corrected chi connectivity index (χ2v) is 8.06. The van der Waals surface area contributed by atoms with E-state index in [-0.39, 0.29) is 12.5 Å². The Morgan fingerprint density at radius 1 is 1.06 bits per heavy atom. The highest BCUT2D eigenvalue weighted by Gasteiger charge is 2.52. The van der Waals surface area contributed by atoms with Crippen molar-refractivity contribution in [3.8, 4) is 11.1 Å². The van der Waals surface area contributed by atoms with E-state index in [1.807, 2.05) is 48.5 Å². The van der Waals surface area contributed by atoms with Crippen LogP contribution in [0.25, 0.3) is 11.1 Å². The van der Waals surface area contributed by atoms with Crippen LogP contribution in [0.4, 0.5) is 4.79 Å². The second kappa shape index (κ2) is 8.03. The molecule has 2 atom stereocenters. The monoisotopic (exact) mass is 424 g/mol. The van der Waals surface area contributed by atoms with Crippen LogP contribution in [0.1, 0.15) is 36.8 Å². The molecule has 0 unspecified atom stereocenters. The van der Waals surface area contributed by atoms with Crippen LogP contribution in [-0.4, -0.2) is 52.5 Å². The van der Waals surface area contributed by atoms with Gasteiger partial charge in [-0.25, -0.2) is 9.59 Å². The van der Waals surface area contributed by atoms with Gasteiger partial charge < -0.3 is 25.6 Å². The molecule has 1 saturated carbocycles. The smallest absolute Gasteiger partial charge is 0.408 e. The third-order valence-corrected chi connectivity index (χ3v) is 5.90. The van der Waals surface area contributed by atoms with Gasteiger partial charge in [-0.05, 0) is 42.0 Å². The first-order chi connectivity index (χ1) is 14.8. The van der Waals surface area contributed by atoms with E-state index in [2.05, 4.69) is 10.6 Å². The molecule has 2 aliphatic carbocycles. The van der Waals surface area contributed by atoms with Crippen LogP contribution < -0.4 is 10.6 Å². The van der Waals surface area contributed by atoms with Crippen molar-refractivity contribution in [1.82, 2.24) is 10.6 Å². The lowest BCUT2D eigenvalue weighted by Gasteiger charge is -2.22. The Morgan fingerprint density at radius 3 is 2.10 bits per heavy atom. The summed E-state index contributed by atoms with van der Waals surface area (Å²) in [6.45, 7) is 1.39. The number of ether oxygens (including phenoxy) is 1. The molecule has 31 heavy (non-hydrogen) atoms. The van der Waals surface area contributed by atoms with Crippen LogP contribution in [0.15, 0.2) is 48.5 Å². The van der Waals surface area contributed by atoms with E-state index in [1.165, 1.54) is 6.92 Å². The van der Waals surface area contributed by atoms with Crippen molar-refractivity contribution in [2.45, 2.75) is 43.4 Å². The average molecular weight is 424 g/mol. The molecule has 2 aromatic rings. The van der Waals surface area contributed by atoms with Gasteiger partial charge in [0.1, 0.15) is 12.1 Å². The standard InChI is InChI=1S/C23H24N2O6/c1-13(26)19(20(27)28)24-21(29)23(10-11-23)25-22(30)31-12-18-16-8-4-2-6-14(16)15-7-3-5-9-17(15)18/h2-9,13,18-19,26H,10-12H2,1H3,(H,24,29)(H,25,30)(H,27,28)/t13-,19+/m1/s1. The molecule has 0 aliphatic heterocycles. The number of benzene rings is 2. The third kappa shape index (κ3) is 3.98. The highest BCUT2D eigenvalue weighted by molar-refractivity contribution is 5.95. The van der Waals surface area contributed by atoms with Gasteiger partial charge >= 0.3 is 12.1 Å². The predicted molar refractivity (Wildman–Crippen MR) is 111 cm³/mol. The van der Waals surface area contributed by atoms with Gasteiger partial charge in [0.25, 0.3) is 0 Å². The summed E-state index contributed by atoms with van der Waals surface area (Å²) in [5.41, 5.74) is 3.18. The number of fused-ring (bicyclic) bond motifs is 3. The molecule has 2 aliphatic rings. The maximum Gasteiger partial charge on any atom is 0.408 e. The van der Waals surface area contributed by atoms with Gasteiger partial charge in [0.15, 0.2) is 6.04 Å². The predicted octanol–water partition coefficient (Wildman–Crippen LogP) is 2.01. The Bertz CT molecular complexity index is 985. The van der Waals surface area contributed by atoms with Crippen LogP contribution in [0.2, 0.25) is 0 Å². The number of carbonyl (C=O) groups is 3. The summed E-state index contributed by atoms with van der Waals surface area (Å²) in [5, 5.41) is 23.6. The molecule has 0 spiro atoms. The summed E-state index contributed by atoms with van der Waals surface area (Å²) in [5.74, 6) is -2.09. The summed E-state index contributed by atoms with van der Waals surface area (Å²) in [6, 6.07) is 14.5. The first kappa shape index (κ1) is 20.9. The maximum atomic E-state index is 12.5. The molecule has 0 saturated heterocycles. The number of nitrogens with one attached hydrogen (secondary N) is 2. The Labute approximate surface area is 179 Å². The average Bonchev–Trinajstić information content (AvgIpc) is 3.45. The lowest BCUT2D eigenvalue weighted by molar-refractivity contribution is -0.145. The number of hydrogen-bond acceptors (Lipinski definition) is 5. The fraction of sp³-hybridized carbons (Fsp3) is 0.348. The number of aliphatic carboxylic acids is 1. The molecule has 4 rings (SSSR count). The van der Waals surface area contributed by atoms with Crippen LogP contribution in [0.5, 0.6) is 0 Å². The molecular formula is C23H24N2O6. The van der Waals surface area contributed by atoms with E-state index < -0.39 is 35.7 Å². The van der Waals surface area contributed by atoms with Crippen molar-refractivity contribution < 1.29 is 29.3 Å². The van der Waals surface area contributed by atoms with Gasteiger partial charge in [0.2, 0.25) is 5.91 Å². The zero-order chi connectivity index (χ0) is 22.2. The number of carboxylic acid groups (broad SMARTS) is 1. The summed E-state index contributed by atoms with van der Waals surface area (Å²) in [7, 11) is 0. The lowest BCUT2D eigenvalue weighted by Crippen LogP contribution is -2.56. The Balaban J connectivity index is 1.40. The topological polar surface area (TPSA) is 125 Å². The Morgan fingerprint density at radius 2 is 1.61 bits per heavy atom. The number of amides is 2. The fourth-order valence-corrected chi connectivity index (χ4v) is 4.03. The molecule has 1 fully saturated rings. The highest BCUT2D eigenvalue weighted by atomic mass is 16.5. The molecule has 8 heteroatoms. The van der Waals surface area contributed by atoms with Crippen molar-refractivity contribution in [3.63, 3.8) is 0 Å². The van der Waals surface area contributed by atoms with Gasteiger partial charge in [0.05, 0.1) is 6.10 Å². The molecule has 2 amide bonds. The summed E-state index contributed by atoms with van der Waals surface area (Å²) < 4.78 is 5.47. The molecule has 0 aromatic heterocycles. The summed E-state index contributed by atoms with van der Waals surface area (Å²) >= 11 is 0. The first-order valence-electron chi connectivity index (χ1n) is 10.2. The van der Waals surface area contributed by atoms with Crippen LogP contribution in [0, 0.1) is 0 Å². The SMILES string of the molecule is C[C@@H](O)[C@H](NC(=O)C1(NC(=O)OCC2c3ccccc3-c3ccccc32)CC1)C(=O)O. The van der Waals surface area contributed by atoms with Gasteiger partial charge in [-0.3, -0.25) is 4.79 Å². The molecule has 162 valence electrons. The quantitative estimate of drug-likeness (QED) is 0.539. The van der Waals surface area contributed by atoms with Crippen molar-refractivity contribution in [2.75, 3.05) is 6.61 Å². The van der Waals surface area contributed by atoms with Crippen LogP contribution >= 0.6 is 0 Å². The van der Waals surface area contributed by atoms with Crippen LogP contribution in [0.3, 0.4) is 0 Å². The van der Waals surface area contributed by atoms with Gasteiger partial charge in [-0.2, -0.15) is 0 Å². The summed E-state index contributed by atoms with van der Waals surface area (Å²) in [4.78, 5) is 36.2. The van der Waals surface area contributed by atoms with Gasteiger partial charge in [0, 0.05) is 5.92 Å². The number of alkyl carbamates (subject to hydrolysis) is 1. The largest absolute Gasteiger partial charge is 0.480 e. The van der Waals surface area contributed by atoms with E-state index >= 15 is 0 Å². The van der Waals surface area contributed by atoms with Crippen molar-refractivity contribution >= 4 is 18.0 Å². The van der Waals surface area contributed by atoms with E-state index in [4.69, 9.17) is 9.84 Å². The minimum Gasteiger partial charge on any atom is -0.480 e. The van der Waals surface area contributed by atoms with E-state index in [0.29, 0.717) is 12.8 Å². The fourth-order valence-electron chi connectivity index (χ4n) is 4.03. The lowest BCUT2D eigenvalue weighted by atomic mass is 9.98. The molecule has 8 nitrogen and oxygen atoms in total. The minimum atomic E-state index is -1.45.